The molecule has 2 N–H and O–H groups in total. The molecule has 0 aromatic carbocycles. The third-order valence-corrected chi connectivity index (χ3v) is 1.44. The van der Waals surface area contributed by atoms with Gasteiger partial charge in [0.2, 0.25) is 0 Å². The highest BCUT2D eigenvalue weighted by Gasteiger charge is 2.15. The Morgan fingerprint density at radius 3 is 2.73 bits per heavy atom. The fourth-order valence-corrected chi connectivity index (χ4v) is 0.877. The smallest absolute Gasteiger partial charge is 0.423 e. The summed E-state index contributed by atoms with van der Waals surface area (Å²) in [4.78, 5) is 7.57. The number of hydrogen-bond donors (Lipinski definition) is 2. The van der Waals surface area contributed by atoms with Gasteiger partial charge in [-0.05, 0) is 6.42 Å². The Hall–Kier alpha value is -0.935. The average Bonchev–Trinajstić information content (AvgIpc) is 2.04. The van der Waals surface area contributed by atoms with E-state index in [0.29, 0.717) is 17.6 Å². The third kappa shape index (κ3) is 1.75. The molecule has 0 unspecified atom stereocenters. The summed E-state index contributed by atoms with van der Waals surface area (Å²) in [5, 5.41) is 17.6. The van der Waals surface area contributed by atoms with Crippen LogP contribution in [0.4, 0.5) is 0 Å². The molecular weight excluding hydrogens is 143 g/mol. The summed E-state index contributed by atoms with van der Waals surface area (Å²) in [6.07, 6.45) is 3.48. The average molecular weight is 152 g/mol. The molecule has 1 aromatic rings. The monoisotopic (exact) mass is 152 g/mol. The van der Waals surface area contributed by atoms with Crippen molar-refractivity contribution in [2.75, 3.05) is 0 Å². The van der Waals surface area contributed by atoms with Crippen LogP contribution in [-0.4, -0.2) is 27.1 Å². The number of hydrogen-bond acceptors (Lipinski definition) is 4. The molecule has 0 aliphatic rings. The zero-order chi connectivity index (χ0) is 8.27. The highest BCUT2D eigenvalue weighted by Crippen LogP contribution is 1.89. The van der Waals surface area contributed by atoms with Gasteiger partial charge < -0.3 is 10.0 Å². The quantitative estimate of drug-likeness (QED) is 0.518. The molecular formula is C6H9BN2O2. The van der Waals surface area contributed by atoms with Crippen LogP contribution in [0.3, 0.4) is 0 Å². The van der Waals surface area contributed by atoms with Crippen LogP contribution in [0, 0.1) is 0 Å². The van der Waals surface area contributed by atoms with E-state index in [0.717, 1.165) is 0 Å². The maximum Gasteiger partial charge on any atom is 0.491 e. The Kier molecular flexibility index (Phi) is 2.56. The summed E-state index contributed by atoms with van der Waals surface area (Å²) < 4.78 is 0. The van der Waals surface area contributed by atoms with Crippen molar-refractivity contribution in [1.29, 1.82) is 0 Å². The fourth-order valence-electron chi connectivity index (χ4n) is 0.877. The van der Waals surface area contributed by atoms with Gasteiger partial charge >= 0.3 is 7.12 Å². The highest BCUT2D eigenvalue weighted by atomic mass is 16.4. The molecule has 0 amide bonds. The number of rotatable bonds is 2. The van der Waals surface area contributed by atoms with E-state index in [4.69, 9.17) is 10.0 Å². The van der Waals surface area contributed by atoms with Crippen LogP contribution < -0.4 is 5.46 Å². The molecule has 11 heavy (non-hydrogen) atoms. The first-order valence-corrected chi connectivity index (χ1v) is 3.40. The lowest BCUT2D eigenvalue weighted by atomic mass is 9.79. The van der Waals surface area contributed by atoms with E-state index in [-0.39, 0.29) is 0 Å². The molecule has 0 spiro atoms. The topological polar surface area (TPSA) is 66.2 Å². The number of aryl methyl sites for hydroxylation is 1. The second-order valence-electron chi connectivity index (χ2n) is 2.15. The van der Waals surface area contributed by atoms with Crippen LogP contribution >= 0.6 is 0 Å². The van der Waals surface area contributed by atoms with Gasteiger partial charge in [0.1, 0.15) is 6.33 Å². The number of nitrogens with zero attached hydrogens (tertiary/aromatic N) is 2. The molecule has 0 aliphatic heterocycles. The van der Waals surface area contributed by atoms with Crippen molar-refractivity contribution < 1.29 is 10.0 Å². The van der Waals surface area contributed by atoms with Gasteiger partial charge in [0.05, 0.1) is 0 Å². The normalized spacial score (nSPS) is 9.73. The van der Waals surface area contributed by atoms with Gasteiger partial charge in [-0.2, -0.15) is 0 Å². The summed E-state index contributed by atoms with van der Waals surface area (Å²) in [5.41, 5.74) is 1.06. The van der Waals surface area contributed by atoms with Crippen molar-refractivity contribution in [3.8, 4) is 0 Å². The molecule has 0 fully saturated rings. The molecule has 0 saturated carbocycles. The summed E-state index contributed by atoms with van der Waals surface area (Å²) >= 11 is 0. The zero-order valence-corrected chi connectivity index (χ0v) is 6.23. The van der Waals surface area contributed by atoms with Crippen molar-refractivity contribution >= 4 is 12.6 Å². The van der Waals surface area contributed by atoms with Gasteiger partial charge in [-0.15, -0.1) is 0 Å². The lowest BCUT2D eigenvalue weighted by molar-refractivity contribution is 0.425. The first kappa shape index (κ1) is 8.16. The molecule has 1 rings (SSSR count). The van der Waals surface area contributed by atoms with Gasteiger partial charge in [-0.25, -0.2) is 9.97 Å². The van der Waals surface area contributed by atoms with Crippen molar-refractivity contribution in [3.63, 3.8) is 0 Å². The van der Waals surface area contributed by atoms with Crippen molar-refractivity contribution in [2.45, 2.75) is 13.3 Å². The molecule has 58 valence electrons. The highest BCUT2D eigenvalue weighted by molar-refractivity contribution is 6.58. The minimum atomic E-state index is -1.47. The molecule has 1 aromatic heterocycles. The third-order valence-electron chi connectivity index (χ3n) is 1.44. The van der Waals surface area contributed by atoms with Crippen LogP contribution in [0.25, 0.3) is 0 Å². The van der Waals surface area contributed by atoms with E-state index in [9.17, 15) is 0 Å². The zero-order valence-electron chi connectivity index (χ0n) is 6.23. The maximum atomic E-state index is 8.81. The molecule has 5 heteroatoms. The van der Waals surface area contributed by atoms with E-state index in [1.807, 2.05) is 6.92 Å². The second kappa shape index (κ2) is 3.45. The predicted molar refractivity (Wildman–Crippen MR) is 41.2 cm³/mol. The largest absolute Gasteiger partial charge is 0.491 e. The van der Waals surface area contributed by atoms with Crippen molar-refractivity contribution in [3.05, 3.63) is 18.2 Å². The summed E-state index contributed by atoms with van der Waals surface area (Å²) in [6.45, 7) is 1.90. The van der Waals surface area contributed by atoms with Crippen LogP contribution in [-0.2, 0) is 6.42 Å². The molecule has 0 radical (unpaired) electrons. The summed E-state index contributed by atoms with van der Waals surface area (Å²) in [7, 11) is -1.47. The Morgan fingerprint density at radius 1 is 1.55 bits per heavy atom. The van der Waals surface area contributed by atoms with E-state index in [2.05, 4.69) is 9.97 Å². The molecule has 4 nitrogen and oxygen atoms in total. The van der Waals surface area contributed by atoms with E-state index >= 15 is 0 Å². The van der Waals surface area contributed by atoms with E-state index < -0.39 is 7.12 Å². The van der Waals surface area contributed by atoms with Gasteiger partial charge in [-0.3, -0.25) is 0 Å². The Bertz CT molecular complexity index is 242. The van der Waals surface area contributed by atoms with Gasteiger partial charge in [0, 0.05) is 17.4 Å². The van der Waals surface area contributed by atoms with Crippen LogP contribution in [0.1, 0.15) is 12.6 Å². The molecule has 1 heterocycles. The second-order valence-corrected chi connectivity index (χ2v) is 2.15. The predicted octanol–water partition coefficient (Wildman–Crippen LogP) is -1.28. The lowest BCUT2D eigenvalue weighted by Gasteiger charge is -2.02. The Balaban J connectivity index is 3.02. The van der Waals surface area contributed by atoms with Gasteiger partial charge in [0.25, 0.3) is 0 Å². The van der Waals surface area contributed by atoms with Crippen LogP contribution in [0.5, 0.6) is 0 Å². The van der Waals surface area contributed by atoms with Crippen molar-refractivity contribution in [2.24, 2.45) is 0 Å². The minimum Gasteiger partial charge on any atom is -0.423 e. The summed E-state index contributed by atoms with van der Waals surface area (Å²) in [6, 6.07) is 0. The fraction of sp³-hybridized carbons (Fsp3) is 0.333. The van der Waals surface area contributed by atoms with Gasteiger partial charge in [-0.1, -0.05) is 6.92 Å². The van der Waals surface area contributed by atoms with Crippen LogP contribution in [0.15, 0.2) is 12.5 Å². The lowest BCUT2D eigenvalue weighted by Crippen LogP contribution is -2.34. The van der Waals surface area contributed by atoms with E-state index in [1.54, 1.807) is 0 Å². The molecule has 0 saturated heterocycles. The maximum absolute atomic E-state index is 8.81. The standard InChI is InChI=1S/C6H9BN2O2/c1-2-6-5(7(10)11)3-8-4-9-6/h3-4,10-11H,2H2,1H3. The Morgan fingerprint density at radius 2 is 2.27 bits per heavy atom. The first-order valence-electron chi connectivity index (χ1n) is 3.40. The van der Waals surface area contributed by atoms with E-state index in [1.165, 1.54) is 12.5 Å². The summed E-state index contributed by atoms with van der Waals surface area (Å²) in [5.74, 6) is 0. The van der Waals surface area contributed by atoms with Gasteiger partial charge in [0.15, 0.2) is 0 Å². The number of aromatic nitrogens is 2. The molecule has 0 bridgehead atoms. The minimum absolute atomic E-state index is 0.384. The first-order chi connectivity index (χ1) is 5.25. The van der Waals surface area contributed by atoms with Crippen molar-refractivity contribution in [1.82, 2.24) is 9.97 Å². The molecule has 0 aliphatic carbocycles. The Labute approximate surface area is 65.1 Å². The molecule has 0 atom stereocenters. The SMILES string of the molecule is CCc1ncncc1B(O)O. The van der Waals surface area contributed by atoms with Crippen LogP contribution in [0.2, 0.25) is 0 Å².